The molecule has 2 aromatic carbocycles. The number of aryl methyl sites for hydroxylation is 2. The van der Waals surface area contributed by atoms with E-state index in [1.165, 1.54) is 12.1 Å². The number of benzene rings is 2. The van der Waals surface area contributed by atoms with E-state index >= 15 is 0 Å². The fraction of sp³-hybridized carbons (Fsp3) is 0.182. The largest absolute Gasteiger partial charge is 0.240 e. The number of halogens is 1. The van der Waals surface area contributed by atoms with E-state index in [0.717, 1.165) is 28.0 Å². The highest BCUT2D eigenvalue weighted by Crippen LogP contribution is 2.21. The Morgan fingerprint density at radius 3 is 2.40 bits per heavy atom. The van der Waals surface area contributed by atoms with E-state index in [9.17, 15) is 12.8 Å². The van der Waals surface area contributed by atoms with Crippen LogP contribution in [0.25, 0.3) is 16.8 Å². The molecule has 4 rings (SSSR count). The normalized spacial score (nSPS) is 11.8. The summed E-state index contributed by atoms with van der Waals surface area (Å²) in [5.74, 6) is -0.308. The van der Waals surface area contributed by atoms with Gasteiger partial charge < -0.3 is 0 Å². The van der Waals surface area contributed by atoms with Gasteiger partial charge in [0.15, 0.2) is 5.65 Å². The van der Waals surface area contributed by atoms with Crippen molar-refractivity contribution in [2.45, 2.75) is 24.7 Å². The maximum Gasteiger partial charge on any atom is 0.240 e. The molecule has 4 aromatic rings. The molecule has 0 unspecified atom stereocenters. The molecule has 2 heterocycles. The molecule has 0 amide bonds. The van der Waals surface area contributed by atoms with Gasteiger partial charge in [0.1, 0.15) is 5.82 Å². The predicted octanol–water partition coefficient (Wildman–Crippen LogP) is 3.75. The molecule has 0 fully saturated rings. The Morgan fingerprint density at radius 2 is 1.70 bits per heavy atom. The standard InChI is InChI=1S/C22H21FN4O2S/c1-16-13-22-24-14-17(15-27(22)26-16)3-2-12-25-30(28,29)21-10-6-19(7-11-21)18-4-8-20(23)9-5-18/h4-11,13-15,25H,2-3,12H2,1H3. The summed E-state index contributed by atoms with van der Waals surface area (Å²) < 4.78 is 42.5. The summed E-state index contributed by atoms with van der Waals surface area (Å²) in [6.45, 7) is 2.23. The third kappa shape index (κ3) is 4.55. The van der Waals surface area contributed by atoms with Gasteiger partial charge in [0, 0.05) is 25.0 Å². The SMILES string of the molecule is Cc1cc2ncc(CCCNS(=O)(=O)c3ccc(-c4ccc(F)cc4)cc3)cn2n1. The average Bonchev–Trinajstić information content (AvgIpc) is 3.11. The van der Waals surface area contributed by atoms with Crippen LogP contribution in [0.4, 0.5) is 4.39 Å². The molecule has 0 bridgehead atoms. The lowest BCUT2D eigenvalue weighted by atomic mass is 10.1. The maximum atomic E-state index is 13.1. The fourth-order valence-corrected chi connectivity index (χ4v) is 4.29. The molecule has 0 atom stereocenters. The predicted molar refractivity (Wildman–Crippen MR) is 113 cm³/mol. The van der Waals surface area contributed by atoms with Gasteiger partial charge in [0.05, 0.1) is 10.6 Å². The number of nitrogens with zero attached hydrogens (tertiary/aromatic N) is 3. The molecular weight excluding hydrogens is 403 g/mol. The van der Waals surface area contributed by atoms with Gasteiger partial charge in [-0.3, -0.25) is 0 Å². The smallest absolute Gasteiger partial charge is 0.237 e. The van der Waals surface area contributed by atoms with Crippen molar-refractivity contribution in [3.8, 4) is 11.1 Å². The number of hydrogen-bond donors (Lipinski definition) is 1. The van der Waals surface area contributed by atoms with E-state index in [-0.39, 0.29) is 10.7 Å². The highest BCUT2D eigenvalue weighted by molar-refractivity contribution is 7.89. The Bertz CT molecular complexity index is 1270. The third-order valence-electron chi connectivity index (χ3n) is 4.77. The van der Waals surface area contributed by atoms with Gasteiger partial charge in [0.25, 0.3) is 0 Å². The van der Waals surface area contributed by atoms with E-state index in [1.54, 1.807) is 47.1 Å². The van der Waals surface area contributed by atoms with Gasteiger partial charge in [0.2, 0.25) is 10.0 Å². The molecule has 0 aliphatic carbocycles. The first-order chi connectivity index (χ1) is 14.4. The van der Waals surface area contributed by atoms with Crippen LogP contribution in [0, 0.1) is 12.7 Å². The quantitative estimate of drug-likeness (QED) is 0.459. The molecule has 1 N–H and O–H groups in total. The number of fused-ring (bicyclic) bond motifs is 1. The van der Waals surface area contributed by atoms with Gasteiger partial charge in [-0.1, -0.05) is 24.3 Å². The van der Waals surface area contributed by atoms with E-state index in [1.807, 2.05) is 19.2 Å². The lowest BCUT2D eigenvalue weighted by Gasteiger charge is -2.08. The highest BCUT2D eigenvalue weighted by atomic mass is 32.2. The molecule has 30 heavy (non-hydrogen) atoms. The van der Waals surface area contributed by atoms with Gasteiger partial charge in [-0.15, -0.1) is 0 Å². The second-order valence-electron chi connectivity index (χ2n) is 7.08. The molecule has 8 heteroatoms. The lowest BCUT2D eigenvalue weighted by Crippen LogP contribution is -2.25. The Labute approximate surface area is 174 Å². The number of rotatable bonds is 7. The van der Waals surface area contributed by atoms with Crippen LogP contribution < -0.4 is 4.72 Å². The number of aromatic nitrogens is 3. The van der Waals surface area contributed by atoms with Crippen LogP contribution in [0.2, 0.25) is 0 Å². The second kappa shape index (κ2) is 8.33. The van der Waals surface area contributed by atoms with E-state index < -0.39 is 10.0 Å². The monoisotopic (exact) mass is 424 g/mol. The average molecular weight is 425 g/mol. The van der Waals surface area contributed by atoms with Crippen molar-refractivity contribution in [2.75, 3.05) is 6.54 Å². The maximum absolute atomic E-state index is 13.1. The van der Waals surface area contributed by atoms with E-state index in [0.29, 0.717) is 19.4 Å². The zero-order valence-corrected chi connectivity index (χ0v) is 17.2. The van der Waals surface area contributed by atoms with Crippen molar-refractivity contribution in [3.05, 3.63) is 84.1 Å². The van der Waals surface area contributed by atoms with Gasteiger partial charge in [-0.2, -0.15) is 5.10 Å². The molecule has 2 aromatic heterocycles. The zero-order valence-electron chi connectivity index (χ0n) is 16.4. The molecule has 0 aliphatic rings. The summed E-state index contributed by atoms with van der Waals surface area (Å²) in [4.78, 5) is 4.55. The minimum Gasteiger partial charge on any atom is -0.237 e. The van der Waals surface area contributed by atoms with Crippen molar-refractivity contribution >= 4 is 15.7 Å². The van der Waals surface area contributed by atoms with Gasteiger partial charge >= 0.3 is 0 Å². The molecule has 6 nitrogen and oxygen atoms in total. The summed E-state index contributed by atoms with van der Waals surface area (Å²) >= 11 is 0. The van der Waals surface area contributed by atoms with Crippen LogP contribution >= 0.6 is 0 Å². The van der Waals surface area contributed by atoms with Crippen LogP contribution in [0.1, 0.15) is 17.7 Å². The molecule has 154 valence electrons. The number of hydrogen-bond acceptors (Lipinski definition) is 4. The summed E-state index contributed by atoms with van der Waals surface area (Å²) in [6.07, 6.45) is 5.03. The van der Waals surface area contributed by atoms with E-state index in [4.69, 9.17) is 0 Å². The fourth-order valence-electron chi connectivity index (χ4n) is 3.21. The Kier molecular flexibility index (Phi) is 5.61. The lowest BCUT2D eigenvalue weighted by molar-refractivity contribution is 0.579. The van der Waals surface area contributed by atoms with E-state index in [2.05, 4.69) is 14.8 Å². The minimum absolute atomic E-state index is 0.198. The zero-order chi connectivity index (χ0) is 21.1. The van der Waals surface area contributed by atoms with Crippen LogP contribution in [-0.4, -0.2) is 29.6 Å². The highest BCUT2D eigenvalue weighted by Gasteiger charge is 2.13. The Balaban J connectivity index is 1.34. The number of sulfonamides is 1. The third-order valence-corrected chi connectivity index (χ3v) is 6.24. The van der Waals surface area contributed by atoms with Crippen LogP contribution in [-0.2, 0) is 16.4 Å². The van der Waals surface area contributed by atoms with Crippen molar-refractivity contribution < 1.29 is 12.8 Å². The summed E-state index contributed by atoms with van der Waals surface area (Å²) in [6, 6.07) is 14.5. The topological polar surface area (TPSA) is 76.4 Å². The molecule has 0 saturated carbocycles. The van der Waals surface area contributed by atoms with Crippen molar-refractivity contribution in [1.82, 2.24) is 19.3 Å². The van der Waals surface area contributed by atoms with Crippen LogP contribution in [0.3, 0.4) is 0 Å². The minimum atomic E-state index is -3.59. The summed E-state index contributed by atoms with van der Waals surface area (Å²) in [7, 11) is -3.59. The van der Waals surface area contributed by atoms with Crippen molar-refractivity contribution in [1.29, 1.82) is 0 Å². The first-order valence-corrected chi connectivity index (χ1v) is 11.1. The van der Waals surface area contributed by atoms with Gasteiger partial charge in [-0.25, -0.2) is 27.0 Å². The van der Waals surface area contributed by atoms with Crippen molar-refractivity contribution in [3.63, 3.8) is 0 Å². The van der Waals surface area contributed by atoms with Crippen LogP contribution in [0.5, 0.6) is 0 Å². The first-order valence-electron chi connectivity index (χ1n) is 9.57. The molecular formula is C22H21FN4O2S. The van der Waals surface area contributed by atoms with Gasteiger partial charge in [-0.05, 0) is 60.7 Å². The summed E-state index contributed by atoms with van der Waals surface area (Å²) in [5.41, 5.74) is 4.34. The summed E-state index contributed by atoms with van der Waals surface area (Å²) in [5, 5.41) is 4.34. The Morgan fingerprint density at radius 1 is 1.03 bits per heavy atom. The molecule has 0 aliphatic heterocycles. The molecule has 0 saturated heterocycles. The van der Waals surface area contributed by atoms with Crippen LogP contribution in [0.15, 0.2) is 71.9 Å². The molecule has 0 spiro atoms. The number of nitrogens with one attached hydrogen (secondary N) is 1. The molecule has 0 radical (unpaired) electrons. The second-order valence-corrected chi connectivity index (χ2v) is 8.85. The van der Waals surface area contributed by atoms with Crippen molar-refractivity contribution in [2.24, 2.45) is 0 Å². The first kappa shape index (κ1) is 20.2. The Hall–Kier alpha value is -3.10.